The van der Waals surface area contributed by atoms with Crippen molar-refractivity contribution >= 4 is 22.5 Å². The number of ether oxygens (including phenoxy) is 2. The number of hydrogen-bond donors (Lipinski definition) is 1. The molecule has 1 unspecified atom stereocenters. The maximum Gasteiger partial charge on any atom is 0.217 e. The van der Waals surface area contributed by atoms with Crippen LogP contribution in [0, 0.1) is 0 Å². The van der Waals surface area contributed by atoms with E-state index in [2.05, 4.69) is 73.0 Å². The minimum absolute atomic E-state index is 0.00874. The molecule has 0 spiro atoms. The normalized spacial score (nSPS) is 24.3. The van der Waals surface area contributed by atoms with Crippen LogP contribution in [-0.4, -0.2) is 53.7 Å². The predicted octanol–water partition coefficient (Wildman–Crippen LogP) is 5.85. The van der Waals surface area contributed by atoms with E-state index in [0.717, 1.165) is 5.56 Å². The SMILES string of the molecule is CC(=O)NC1[C@@H](O[Si](C)(C)C(C)(C)C)O[C@H](COCc2ccccc2)[C@@H]1O[Si](C)(C)C(C)(C)C. The van der Waals surface area contributed by atoms with Gasteiger partial charge in [-0.05, 0) is 41.8 Å². The van der Waals surface area contributed by atoms with Crippen molar-refractivity contribution in [2.24, 2.45) is 0 Å². The predicted molar refractivity (Wildman–Crippen MR) is 143 cm³/mol. The van der Waals surface area contributed by atoms with E-state index in [1.807, 2.05) is 30.3 Å². The topological polar surface area (TPSA) is 66.0 Å². The van der Waals surface area contributed by atoms with Crippen molar-refractivity contribution in [3.8, 4) is 0 Å². The largest absolute Gasteiger partial charge is 0.409 e. The first-order chi connectivity index (χ1) is 15.4. The molecule has 8 heteroatoms. The molecule has 0 aliphatic carbocycles. The Labute approximate surface area is 209 Å². The average molecular weight is 510 g/mol. The van der Waals surface area contributed by atoms with Crippen molar-refractivity contribution in [2.75, 3.05) is 6.61 Å². The number of amides is 1. The quantitative estimate of drug-likeness (QED) is 0.423. The minimum atomic E-state index is -2.16. The van der Waals surface area contributed by atoms with Gasteiger partial charge in [-0.15, -0.1) is 0 Å². The van der Waals surface area contributed by atoms with E-state index in [1.54, 1.807) is 0 Å². The number of carbonyl (C=O) groups excluding carboxylic acids is 1. The Morgan fingerprint density at radius 2 is 1.47 bits per heavy atom. The first-order valence-electron chi connectivity index (χ1n) is 12.3. The fraction of sp³-hybridized carbons (Fsp3) is 0.731. The van der Waals surface area contributed by atoms with Crippen LogP contribution < -0.4 is 5.32 Å². The summed E-state index contributed by atoms with van der Waals surface area (Å²) >= 11 is 0. The van der Waals surface area contributed by atoms with E-state index in [1.165, 1.54) is 6.92 Å². The lowest BCUT2D eigenvalue weighted by Gasteiger charge is -2.41. The Hall–Kier alpha value is -1.04. The van der Waals surface area contributed by atoms with E-state index in [-0.39, 0.29) is 28.2 Å². The van der Waals surface area contributed by atoms with Gasteiger partial charge in [0.25, 0.3) is 0 Å². The van der Waals surface area contributed by atoms with Gasteiger partial charge >= 0.3 is 0 Å². The van der Waals surface area contributed by atoms with Crippen LogP contribution in [0.4, 0.5) is 0 Å². The lowest BCUT2D eigenvalue weighted by atomic mass is 10.1. The van der Waals surface area contributed by atoms with Crippen molar-refractivity contribution in [3.05, 3.63) is 35.9 Å². The van der Waals surface area contributed by atoms with Gasteiger partial charge in [0.1, 0.15) is 12.1 Å². The lowest BCUT2D eigenvalue weighted by molar-refractivity contribution is -0.126. The molecule has 0 aromatic heterocycles. The molecule has 1 aliphatic rings. The second-order valence-electron chi connectivity index (χ2n) is 12.5. The summed E-state index contributed by atoms with van der Waals surface area (Å²) in [5.41, 5.74) is 1.11. The Kier molecular flexibility index (Phi) is 9.38. The molecule has 1 aliphatic heterocycles. The minimum Gasteiger partial charge on any atom is -0.409 e. The molecule has 194 valence electrons. The molecule has 4 atom stereocenters. The molecular weight excluding hydrogens is 462 g/mol. The molecule has 34 heavy (non-hydrogen) atoms. The van der Waals surface area contributed by atoms with Crippen LogP contribution >= 0.6 is 0 Å². The Bertz CT molecular complexity index is 802. The molecule has 1 saturated heterocycles. The van der Waals surface area contributed by atoms with E-state index >= 15 is 0 Å². The van der Waals surface area contributed by atoms with Crippen LogP contribution in [0.25, 0.3) is 0 Å². The molecule has 1 heterocycles. The molecule has 0 bridgehead atoms. The summed E-state index contributed by atoms with van der Waals surface area (Å²) in [4.78, 5) is 12.2. The molecule has 1 N–H and O–H groups in total. The van der Waals surface area contributed by atoms with Gasteiger partial charge in [-0.25, -0.2) is 0 Å². The van der Waals surface area contributed by atoms with Crippen LogP contribution in [0.2, 0.25) is 36.3 Å². The molecular formula is C26H47NO5Si2. The fourth-order valence-electron chi connectivity index (χ4n) is 3.34. The third kappa shape index (κ3) is 7.48. The van der Waals surface area contributed by atoms with Gasteiger partial charge in [-0.3, -0.25) is 4.79 Å². The van der Waals surface area contributed by atoms with E-state index < -0.39 is 29.0 Å². The second-order valence-corrected chi connectivity index (χ2v) is 22.0. The third-order valence-electron chi connectivity index (χ3n) is 7.54. The number of carbonyl (C=O) groups is 1. The zero-order valence-corrected chi connectivity index (χ0v) is 25.2. The molecule has 1 aromatic rings. The van der Waals surface area contributed by atoms with Gasteiger partial charge in [-0.1, -0.05) is 71.9 Å². The van der Waals surface area contributed by atoms with Crippen LogP contribution in [0.15, 0.2) is 30.3 Å². The average Bonchev–Trinajstić information content (AvgIpc) is 2.96. The van der Waals surface area contributed by atoms with Crippen LogP contribution in [0.1, 0.15) is 54.0 Å². The molecule has 2 rings (SSSR count). The summed E-state index contributed by atoms with van der Waals surface area (Å²) in [5.74, 6) is -0.118. The lowest BCUT2D eigenvalue weighted by Crippen LogP contribution is -2.56. The Balaban J connectivity index is 2.31. The zero-order chi connectivity index (χ0) is 25.9. The maximum absolute atomic E-state index is 12.2. The smallest absolute Gasteiger partial charge is 0.217 e. The fourth-order valence-corrected chi connectivity index (χ4v) is 5.81. The standard InChI is InChI=1S/C26H47NO5Si2/c1-19(28)27-22-23(31-33(8,9)25(2,3)4)21(18-29-17-20-15-13-12-14-16-20)30-24(22)32-34(10,11)26(5,6)7/h12-16,21-24H,17-18H2,1-11H3,(H,27,28)/t21-,22?,23+,24-/m1/s1. The van der Waals surface area contributed by atoms with Crippen molar-refractivity contribution < 1.29 is 23.1 Å². The molecule has 0 saturated carbocycles. The summed E-state index contributed by atoms with van der Waals surface area (Å²) in [6, 6.07) is 9.69. The van der Waals surface area contributed by atoms with Crippen LogP contribution in [0.5, 0.6) is 0 Å². The number of hydrogen-bond acceptors (Lipinski definition) is 5. The van der Waals surface area contributed by atoms with E-state index in [4.69, 9.17) is 18.3 Å². The summed E-state index contributed by atoms with van der Waals surface area (Å²) < 4.78 is 26.1. The van der Waals surface area contributed by atoms with E-state index in [9.17, 15) is 4.79 Å². The summed E-state index contributed by atoms with van der Waals surface area (Å²) in [6.45, 7) is 24.5. The highest BCUT2D eigenvalue weighted by Gasteiger charge is 2.53. The molecule has 1 fully saturated rings. The highest BCUT2D eigenvalue weighted by molar-refractivity contribution is 6.74. The van der Waals surface area contributed by atoms with Gasteiger partial charge in [0.2, 0.25) is 5.91 Å². The third-order valence-corrected chi connectivity index (χ3v) is 16.4. The van der Waals surface area contributed by atoms with Gasteiger partial charge in [-0.2, -0.15) is 0 Å². The number of nitrogens with one attached hydrogen (secondary N) is 1. The first-order valence-corrected chi connectivity index (χ1v) is 18.2. The highest BCUT2D eigenvalue weighted by Crippen LogP contribution is 2.42. The van der Waals surface area contributed by atoms with Gasteiger partial charge < -0.3 is 23.6 Å². The summed E-state index contributed by atoms with van der Waals surface area (Å²) in [6.07, 6.45) is -1.27. The van der Waals surface area contributed by atoms with Crippen LogP contribution in [0.3, 0.4) is 0 Å². The molecule has 1 amide bonds. The van der Waals surface area contributed by atoms with Gasteiger partial charge in [0, 0.05) is 6.92 Å². The van der Waals surface area contributed by atoms with E-state index in [0.29, 0.717) is 13.2 Å². The van der Waals surface area contributed by atoms with Crippen molar-refractivity contribution in [1.29, 1.82) is 0 Å². The number of rotatable bonds is 9. The molecule has 0 radical (unpaired) electrons. The van der Waals surface area contributed by atoms with Gasteiger partial charge in [0.05, 0.1) is 19.3 Å². The van der Waals surface area contributed by atoms with Gasteiger partial charge in [0.15, 0.2) is 22.9 Å². The Morgan fingerprint density at radius 1 is 0.941 bits per heavy atom. The highest BCUT2D eigenvalue weighted by atomic mass is 28.4. The molecule has 6 nitrogen and oxygen atoms in total. The van der Waals surface area contributed by atoms with Crippen molar-refractivity contribution in [1.82, 2.24) is 5.32 Å². The first kappa shape index (κ1) is 29.2. The number of benzene rings is 1. The Morgan fingerprint density at radius 3 is 1.97 bits per heavy atom. The molecule has 1 aromatic carbocycles. The zero-order valence-electron chi connectivity index (χ0n) is 23.2. The van der Waals surface area contributed by atoms with Crippen molar-refractivity contribution in [3.63, 3.8) is 0 Å². The monoisotopic (exact) mass is 509 g/mol. The van der Waals surface area contributed by atoms with Crippen molar-refractivity contribution in [2.45, 2.75) is 116 Å². The van der Waals surface area contributed by atoms with Crippen LogP contribution in [-0.2, 0) is 29.7 Å². The maximum atomic E-state index is 12.2. The second kappa shape index (κ2) is 10.9. The summed E-state index contributed by atoms with van der Waals surface area (Å²) in [7, 11) is -4.33. The summed E-state index contributed by atoms with van der Waals surface area (Å²) in [5, 5.41) is 3.13.